The number of benzene rings is 4. The predicted molar refractivity (Wildman–Crippen MR) is 126 cm³/mol. The molecule has 4 rings (SSSR count). The van der Waals surface area contributed by atoms with E-state index in [0.29, 0.717) is 0 Å². The fourth-order valence-corrected chi connectivity index (χ4v) is 3.05. The van der Waals surface area contributed by atoms with Gasteiger partial charge in [0.2, 0.25) is 0 Å². The van der Waals surface area contributed by atoms with Crippen LogP contribution in [0.15, 0.2) is 107 Å². The Morgan fingerprint density at radius 1 is 0.484 bits per heavy atom. The van der Waals surface area contributed by atoms with Crippen molar-refractivity contribution in [3.05, 3.63) is 119 Å². The topological polar surface area (TPSA) is 65.2 Å². The maximum atomic E-state index is 9.33. The lowest BCUT2D eigenvalue weighted by molar-refractivity contribution is 0.475. The molecule has 0 saturated carbocycles. The monoisotopic (exact) mass is 406 g/mol. The molecule has 31 heavy (non-hydrogen) atoms. The molecule has 0 aliphatic carbocycles. The summed E-state index contributed by atoms with van der Waals surface area (Å²) in [6.45, 7) is 0. The van der Waals surface area contributed by atoms with Crippen LogP contribution in [0.1, 0.15) is 22.3 Å². The van der Waals surface area contributed by atoms with Crippen molar-refractivity contribution in [1.82, 2.24) is 0 Å². The van der Waals surface area contributed by atoms with Crippen LogP contribution in [0.3, 0.4) is 0 Å². The lowest BCUT2D eigenvalue weighted by atomic mass is 10.0. The van der Waals surface area contributed by atoms with E-state index in [1.165, 1.54) is 11.1 Å². The van der Waals surface area contributed by atoms with Gasteiger partial charge in [0.1, 0.15) is 11.5 Å². The Morgan fingerprint density at radius 3 is 1.19 bits per heavy atom. The quantitative estimate of drug-likeness (QED) is 0.375. The molecule has 2 N–H and O–H groups in total. The lowest BCUT2D eigenvalue weighted by Crippen LogP contribution is -1.87. The number of rotatable bonds is 6. The van der Waals surface area contributed by atoms with Crippen molar-refractivity contribution in [2.75, 3.05) is 0 Å². The molecule has 0 radical (unpaired) electrons. The van der Waals surface area contributed by atoms with E-state index in [9.17, 15) is 10.2 Å². The van der Waals surface area contributed by atoms with Gasteiger partial charge in [-0.05, 0) is 101 Å². The molecule has 0 spiro atoms. The first-order valence-electron chi connectivity index (χ1n) is 9.98. The van der Waals surface area contributed by atoms with Crippen LogP contribution in [0, 0.1) is 0 Å². The third-order valence-electron chi connectivity index (χ3n) is 4.79. The Bertz CT molecular complexity index is 1080. The van der Waals surface area contributed by atoms with Gasteiger partial charge in [0.05, 0.1) is 11.4 Å². The molecular weight excluding hydrogens is 384 g/mol. The molecule has 152 valence electrons. The minimum Gasteiger partial charge on any atom is -0.508 e. The van der Waals surface area contributed by atoms with Crippen molar-refractivity contribution in [3.63, 3.8) is 0 Å². The Hall–Kier alpha value is -4.18. The van der Waals surface area contributed by atoms with Crippen LogP contribution in [0.2, 0.25) is 0 Å². The van der Waals surface area contributed by atoms with Crippen molar-refractivity contribution in [2.45, 2.75) is 6.42 Å². The van der Waals surface area contributed by atoms with Gasteiger partial charge in [-0.3, -0.25) is 9.98 Å². The normalized spacial score (nSPS) is 11.4. The molecule has 0 heterocycles. The summed E-state index contributed by atoms with van der Waals surface area (Å²) in [7, 11) is 0. The smallest absolute Gasteiger partial charge is 0.115 e. The van der Waals surface area contributed by atoms with Gasteiger partial charge in [0.15, 0.2) is 0 Å². The van der Waals surface area contributed by atoms with Crippen molar-refractivity contribution in [2.24, 2.45) is 9.98 Å². The summed E-state index contributed by atoms with van der Waals surface area (Å²) >= 11 is 0. The molecule has 4 aromatic carbocycles. The fraction of sp³-hybridized carbons (Fsp3) is 0.0370. The third-order valence-corrected chi connectivity index (χ3v) is 4.79. The number of hydrogen-bond acceptors (Lipinski definition) is 4. The maximum absolute atomic E-state index is 9.33. The summed E-state index contributed by atoms with van der Waals surface area (Å²) in [5, 5.41) is 18.7. The number of aliphatic imine (C=N–C) groups is 2. The van der Waals surface area contributed by atoms with Crippen LogP contribution < -0.4 is 0 Å². The molecule has 4 aromatic rings. The largest absolute Gasteiger partial charge is 0.508 e. The second-order valence-corrected chi connectivity index (χ2v) is 7.21. The highest BCUT2D eigenvalue weighted by Gasteiger charge is 1.98. The lowest BCUT2D eigenvalue weighted by Gasteiger charge is -2.03. The summed E-state index contributed by atoms with van der Waals surface area (Å²) < 4.78 is 0. The summed E-state index contributed by atoms with van der Waals surface area (Å²) in [5.74, 6) is 0.498. The number of phenolic OH excluding ortho intramolecular Hbond substituents is 2. The van der Waals surface area contributed by atoms with E-state index in [1.807, 2.05) is 48.5 Å². The van der Waals surface area contributed by atoms with Crippen LogP contribution in [0.4, 0.5) is 11.4 Å². The molecule has 0 aromatic heterocycles. The van der Waals surface area contributed by atoms with Crippen LogP contribution in [0.5, 0.6) is 11.5 Å². The average Bonchev–Trinajstić information content (AvgIpc) is 2.80. The molecular formula is C27H22N2O2. The van der Waals surface area contributed by atoms with E-state index in [1.54, 1.807) is 36.7 Å². The van der Waals surface area contributed by atoms with Gasteiger partial charge in [-0.2, -0.15) is 0 Å². The molecule has 0 aliphatic rings. The molecule has 0 fully saturated rings. The van der Waals surface area contributed by atoms with E-state index in [0.717, 1.165) is 28.9 Å². The zero-order chi connectivity index (χ0) is 21.5. The Labute approximate surface area is 181 Å². The van der Waals surface area contributed by atoms with Crippen LogP contribution in [0.25, 0.3) is 0 Å². The number of aromatic hydroxyl groups is 2. The highest BCUT2D eigenvalue weighted by molar-refractivity contribution is 5.82. The highest BCUT2D eigenvalue weighted by atomic mass is 16.3. The zero-order valence-corrected chi connectivity index (χ0v) is 16.9. The molecule has 0 unspecified atom stereocenters. The van der Waals surface area contributed by atoms with E-state index < -0.39 is 0 Å². The third kappa shape index (κ3) is 5.90. The zero-order valence-electron chi connectivity index (χ0n) is 16.9. The second kappa shape index (κ2) is 9.55. The van der Waals surface area contributed by atoms with E-state index in [2.05, 4.69) is 34.3 Å². The van der Waals surface area contributed by atoms with E-state index in [-0.39, 0.29) is 11.5 Å². The first-order chi connectivity index (χ1) is 15.1. The van der Waals surface area contributed by atoms with Gasteiger partial charge in [0, 0.05) is 12.4 Å². The number of hydrogen-bond donors (Lipinski definition) is 2. The van der Waals surface area contributed by atoms with Crippen LogP contribution in [-0.4, -0.2) is 22.6 Å². The predicted octanol–water partition coefficient (Wildman–Crippen LogP) is 6.19. The molecule has 0 aliphatic heterocycles. The summed E-state index contributed by atoms with van der Waals surface area (Å²) in [4.78, 5) is 8.96. The molecule has 4 nitrogen and oxygen atoms in total. The van der Waals surface area contributed by atoms with E-state index >= 15 is 0 Å². The number of nitrogens with zero attached hydrogens (tertiary/aromatic N) is 2. The standard InChI is InChI=1S/C27H22N2O2/c30-26-13-5-22(6-14-26)18-28-24-9-1-20(2-10-24)17-21-3-11-25(12-4-21)29-19-23-7-15-27(31)16-8-23/h1-16,18-19,30-31H,17H2. The highest BCUT2D eigenvalue weighted by Crippen LogP contribution is 2.19. The summed E-state index contributed by atoms with van der Waals surface area (Å²) in [6, 6.07) is 30.2. The Kier molecular flexibility index (Phi) is 6.19. The summed E-state index contributed by atoms with van der Waals surface area (Å²) in [6.07, 6.45) is 4.40. The van der Waals surface area contributed by atoms with Gasteiger partial charge >= 0.3 is 0 Å². The van der Waals surface area contributed by atoms with Crippen molar-refractivity contribution in [3.8, 4) is 11.5 Å². The first kappa shape index (κ1) is 20.1. The Balaban J connectivity index is 1.35. The van der Waals surface area contributed by atoms with Crippen molar-refractivity contribution < 1.29 is 10.2 Å². The molecule has 0 bridgehead atoms. The van der Waals surface area contributed by atoms with Crippen LogP contribution in [-0.2, 0) is 6.42 Å². The minimum absolute atomic E-state index is 0.249. The molecule has 0 atom stereocenters. The number of phenols is 2. The van der Waals surface area contributed by atoms with E-state index in [4.69, 9.17) is 0 Å². The first-order valence-corrected chi connectivity index (χ1v) is 9.98. The van der Waals surface area contributed by atoms with Gasteiger partial charge < -0.3 is 10.2 Å². The van der Waals surface area contributed by atoms with Gasteiger partial charge in [-0.15, -0.1) is 0 Å². The van der Waals surface area contributed by atoms with Crippen LogP contribution >= 0.6 is 0 Å². The van der Waals surface area contributed by atoms with Gasteiger partial charge in [0.25, 0.3) is 0 Å². The fourth-order valence-electron chi connectivity index (χ4n) is 3.05. The molecule has 0 saturated heterocycles. The average molecular weight is 406 g/mol. The van der Waals surface area contributed by atoms with Gasteiger partial charge in [-0.25, -0.2) is 0 Å². The molecule has 0 amide bonds. The second-order valence-electron chi connectivity index (χ2n) is 7.21. The van der Waals surface area contributed by atoms with Gasteiger partial charge in [-0.1, -0.05) is 24.3 Å². The van der Waals surface area contributed by atoms with Crippen molar-refractivity contribution in [1.29, 1.82) is 0 Å². The Morgan fingerprint density at radius 2 is 0.839 bits per heavy atom. The minimum atomic E-state index is 0.249. The molecule has 4 heteroatoms. The summed E-state index contributed by atoms with van der Waals surface area (Å²) in [5.41, 5.74) is 6.07. The SMILES string of the molecule is Oc1ccc(C=Nc2ccc(Cc3ccc(N=Cc4ccc(O)cc4)cc3)cc2)cc1. The van der Waals surface area contributed by atoms with Crippen molar-refractivity contribution >= 4 is 23.8 Å². The maximum Gasteiger partial charge on any atom is 0.115 e.